The van der Waals surface area contributed by atoms with Gasteiger partial charge in [0.15, 0.2) is 0 Å². The third-order valence-electron chi connectivity index (χ3n) is 4.28. The minimum atomic E-state index is -0.0529. The fraction of sp³-hybridized carbons (Fsp3) is 0.556. The summed E-state index contributed by atoms with van der Waals surface area (Å²) in [6, 6.07) is 8.12. The number of anilines is 1. The van der Waals surface area contributed by atoms with Crippen molar-refractivity contribution >= 4 is 11.4 Å². The summed E-state index contributed by atoms with van der Waals surface area (Å²) >= 11 is 0. The normalized spacial score (nSPS) is 15.2. The Morgan fingerprint density at radius 1 is 1.04 bits per heavy atom. The van der Waals surface area contributed by atoms with Crippen LogP contribution in [-0.4, -0.2) is 61.3 Å². The molecule has 1 aromatic carbocycles. The summed E-state index contributed by atoms with van der Waals surface area (Å²) in [7, 11) is 3.99. The first-order valence-electron chi connectivity index (χ1n) is 8.73. The van der Waals surface area contributed by atoms with E-state index in [0.29, 0.717) is 0 Å². The monoisotopic (exact) mass is 330 g/mol. The van der Waals surface area contributed by atoms with Crippen LogP contribution in [0.3, 0.4) is 0 Å². The van der Waals surface area contributed by atoms with Crippen molar-refractivity contribution < 1.29 is 0 Å². The summed E-state index contributed by atoms with van der Waals surface area (Å²) in [5, 5.41) is 12.2. The smallest absolute Gasteiger partial charge is 0.217 e. The molecule has 6 nitrogen and oxygen atoms in total. The molecule has 1 aliphatic heterocycles. The van der Waals surface area contributed by atoms with Crippen LogP contribution in [0.15, 0.2) is 46.9 Å². The first kappa shape index (κ1) is 18.3. The lowest BCUT2D eigenvalue weighted by Crippen LogP contribution is -2.31. The molecule has 0 unspecified atom stereocenters. The fourth-order valence-corrected chi connectivity index (χ4v) is 2.65. The van der Waals surface area contributed by atoms with Gasteiger partial charge in [0.25, 0.3) is 0 Å². The molecule has 24 heavy (non-hydrogen) atoms. The molecule has 0 bridgehead atoms. The molecule has 1 aliphatic rings. The van der Waals surface area contributed by atoms with Gasteiger partial charge in [0, 0.05) is 38.7 Å². The van der Waals surface area contributed by atoms with E-state index in [9.17, 15) is 0 Å². The zero-order chi connectivity index (χ0) is 17.4. The molecule has 1 aromatic rings. The Balaban J connectivity index is 1.76. The predicted molar refractivity (Wildman–Crippen MR) is 100 cm³/mol. The van der Waals surface area contributed by atoms with E-state index in [2.05, 4.69) is 46.4 Å². The zero-order valence-electron chi connectivity index (χ0n) is 15.3. The SMILES string of the molecule is CCN(CC)CCCNc1ccc(N=NC2N(C)C=CN2C)cc1. The molecule has 0 saturated carbocycles. The molecular weight excluding hydrogens is 300 g/mol. The maximum atomic E-state index is 4.39. The number of benzene rings is 1. The summed E-state index contributed by atoms with van der Waals surface area (Å²) in [6.45, 7) is 8.79. The quantitative estimate of drug-likeness (QED) is 0.556. The van der Waals surface area contributed by atoms with E-state index in [1.165, 1.54) is 0 Å². The van der Waals surface area contributed by atoms with E-state index < -0.39 is 0 Å². The van der Waals surface area contributed by atoms with Gasteiger partial charge < -0.3 is 20.0 Å². The van der Waals surface area contributed by atoms with Crippen LogP contribution in [0, 0.1) is 0 Å². The minimum absolute atomic E-state index is 0.0529. The van der Waals surface area contributed by atoms with E-state index in [1.807, 2.05) is 48.4 Å². The van der Waals surface area contributed by atoms with E-state index in [-0.39, 0.29) is 6.29 Å². The fourth-order valence-electron chi connectivity index (χ4n) is 2.65. The van der Waals surface area contributed by atoms with Gasteiger partial charge in [-0.25, -0.2) is 0 Å². The highest BCUT2D eigenvalue weighted by molar-refractivity contribution is 5.50. The van der Waals surface area contributed by atoms with Crippen molar-refractivity contribution in [1.82, 2.24) is 14.7 Å². The molecule has 0 atom stereocenters. The average Bonchev–Trinajstić information content (AvgIpc) is 2.92. The Kier molecular flexibility index (Phi) is 7.06. The molecule has 0 aromatic heterocycles. The first-order valence-corrected chi connectivity index (χ1v) is 8.73. The van der Waals surface area contributed by atoms with E-state index >= 15 is 0 Å². The molecule has 0 amide bonds. The summed E-state index contributed by atoms with van der Waals surface area (Å²) in [5.74, 6) is 0. The highest BCUT2D eigenvalue weighted by Gasteiger charge is 2.18. The van der Waals surface area contributed by atoms with Crippen molar-refractivity contribution in [3.05, 3.63) is 36.7 Å². The lowest BCUT2D eigenvalue weighted by Gasteiger charge is -2.21. The van der Waals surface area contributed by atoms with Gasteiger partial charge in [0.1, 0.15) is 0 Å². The van der Waals surface area contributed by atoms with Crippen LogP contribution in [0.4, 0.5) is 11.4 Å². The predicted octanol–water partition coefficient (Wildman–Crippen LogP) is 3.55. The van der Waals surface area contributed by atoms with Crippen LogP contribution in [0.25, 0.3) is 0 Å². The third kappa shape index (κ3) is 5.23. The lowest BCUT2D eigenvalue weighted by atomic mass is 10.3. The number of nitrogens with one attached hydrogen (secondary N) is 1. The average molecular weight is 330 g/mol. The van der Waals surface area contributed by atoms with Crippen molar-refractivity contribution in [2.45, 2.75) is 26.6 Å². The Hall–Kier alpha value is -2.08. The Morgan fingerprint density at radius 3 is 2.25 bits per heavy atom. The molecule has 0 radical (unpaired) electrons. The Morgan fingerprint density at radius 2 is 1.67 bits per heavy atom. The second kappa shape index (κ2) is 9.27. The maximum Gasteiger partial charge on any atom is 0.217 e. The lowest BCUT2D eigenvalue weighted by molar-refractivity contribution is 0.206. The highest BCUT2D eigenvalue weighted by atomic mass is 15.5. The summed E-state index contributed by atoms with van der Waals surface area (Å²) in [5.41, 5.74) is 2.00. The standard InChI is InChI=1S/C18H30N6/c1-5-24(6-2)13-7-12-19-16-8-10-17(11-9-16)20-21-18-22(3)14-15-23(18)4/h8-11,14-15,18-19H,5-7,12-13H2,1-4H3. The maximum absolute atomic E-state index is 4.39. The molecule has 6 heteroatoms. The molecule has 0 saturated heterocycles. The number of azo groups is 1. The largest absolute Gasteiger partial charge is 0.385 e. The summed E-state index contributed by atoms with van der Waals surface area (Å²) < 4.78 is 0. The second-order valence-corrected chi connectivity index (χ2v) is 6.05. The molecule has 2 rings (SSSR count). The molecule has 0 spiro atoms. The number of hydrogen-bond acceptors (Lipinski definition) is 6. The van der Waals surface area contributed by atoms with Crippen LogP contribution in [0.5, 0.6) is 0 Å². The molecule has 0 fully saturated rings. The van der Waals surface area contributed by atoms with Crippen molar-refractivity contribution in [2.24, 2.45) is 10.2 Å². The zero-order valence-corrected chi connectivity index (χ0v) is 15.3. The second-order valence-electron chi connectivity index (χ2n) is 6.05. The van der Waals surface area contributed by atoms with Gasteiger partial charge in [0.05, 0.1) is 5.69 Å². The van der Waals surface area contributed by atoms with Crippen LogP contribution in [-0.2, 0) is 0 Å². The van der Waals surface area contributed by atoms with Gasteiger partial charge in [0.2, 0.25) is 6.29 Å². The number of hydrogen-bond donors (Lipinski definition) is 1. The third-order valence-corrected chi connectivity index (χ3v) is 4.28. The van der Waals surface area contributed by atoms with Crippen LogP contribution in [0.1, 0.15) is 20.3 Å². The van der Waals surface area contributed by atoms with Gasteiger partial charge in [-0.3, -0.25) is 0 Å². The van der Waals surface area contributed by atoms with Gasteiger partial charge >= 0.3 is 0 Å². The van der Waals surface area contributed by atoms with Gasteiger partial charge in [-0.15, -0.1) is 5.11 Å². The number of nitrogens with zero attached hydrogens (tertiary/aromatic N) is 5. The van der Waals surface area contributed by atoms with Crippen molar-refractivity contribution in [1.29, 1.82) is 0 Å². The van der Waals surface area contributed by atoms with E-state index in [0.717, 1.165) is 44.0 Å². The molecule has 1 N–H and O–H groups in total. The minimum Gasteiger partial charge on any atom is -0.385 e. The topological polar surface area (TPSA) is 46.5 Å². The van der Waals surface area contributed by atoms with Crippen LogP contribution >= 0.6 is 0 Å². The van der Waals surface area contributed by atoms with E-state index in [4.69, 9.17) is 0 Å². The molecule has 132 valence electrons. The van der Waals surface area contributed by atoms with Crippen LogP contribution in [0.2, 0.25) is 0 Å². The number of rotatable bonds is 9. The molecule has 1 heterocycles. The van der Waals surface area contributed by atoms with Crippen molar-refractivity contribution in [3.8, 4) is 0 Å². The van der Waals surface area contributed by atoms with Gasteiger partial charge in [-0.2, -0.15) is 5.11 Å². The molecular formula is C18H30N6. The first-order chi connectivity index (χ1) is 11.6. The van der Waals surface area contributed by atoms with Crippen LogP contribution < -0.4 is 5.32 Å². The van der Waals surface area contributed by atoms with E-state index in [1.54, 1.807) is 0 Å². The summed E-state index contributed by atoms with van der Waals surface area (Å²) in [4.78, 5) is 6.49. The highest BCUT2D eigenvalue weighted by Crippen LogP contribution is 2.19. The molecule has 0 aliphatic carbocycles. The summed E-state index contributed by atoms with van der Waals surface area (Å²) in [6.07, 6.45) is 5.09. The van der Waals surface area contributed by atoms with Gasteiger partial charge in [-0.1, -0.05) is 13.8 Å². The van der Waals surface area contributed by atoms with Gasteiger partial charge in [-0.05, 0) is 50.3 Å². The Bertz CT molecular complexity index is 523. The van der Waals surface area contributed by atoms with Crippen molar-refractivity contribution in [3.63, 3.8) is 0 Å². The Labute approximate surface area is 145 Å². The van der Waals surface area contributed by atoms with Crippen molar-refractivity contribution in [2.75, 3.05) is 45.6 Å².